The van der Waals surface area contributed by atoms with Crippen LogP contribution >= 0.6 is 15.9 Å². The summed E-state index contributed by atoms with van der Waals surface area (Å²) < 4.78 is 2.57. The number of nitrogens with zero attached hydrogens (tertiary/aromatic N) is 3. The van der Waals surface area contributed by atoms with E-state index in [0.717, 1.165) is 16.5 Å². The highest BCUT2D eigenvalue weighted by molar-refractivity contribution is 9.10. The highest BCUT2D eigenvalue weighted by Crippen LogP contribution is 2.11. The van der Waals surface area contributed by atoms with Crippen LogP contribution in [0.4, 0.5) is 5.95 Å². The third-order valence-corrected chi connectivity index (χ3v) is 2.74. The number of carbonyl (C=O) groups is 1. The van der Waals surface area contributed by atoms with E-state index in [-0.39, 0.29) is 12.5 Å². The van der Waals surface area contributed by atoms with Gasteiger partial charge in [-0.2, -0.15) is 4.98 Å². The van der Waals surface area contributed by atoms with Crippen LogP contribution in [0.15, 0.2) is 22.8 Å². The van der Waals surface area contributed by atoms with Gasteiger partial charge in [0.05, 0.1) is 6.54 Å². The Morgan fingerprint density at radius 2 is 2.33 bits per heavy atom. The van der Waals surface area contributed by atoms with Crippen molar-refractivity contribution in [2.45, 2.75) is 13.3 Å². The monoisotopic (exact) mass is 311 g/mol. The van der Waals surface area contributed by atoms with Crippen LogP contribution in [0.25, 0.3) is 5.65 Å². The van der Waals surface area contributed by atoms with Gasteiger partial charge in [0, 0.05) is 17.2 Å². The summed E-state index contributed by atoms with van der Waals surface area (Å²) in [5, 5.41) is 9.88. The number of nitrogens with one attached hydrogen (secondary N) is 2. The smallest absolute Gasteiger partial charge is 0.243 e. The molecule has 18 heavy (non-hydrogen) atoms. The van der Waals surface area contributed by atoms with E-state index in [1.807, 2.05) is 25.3 Å². The minimum Gasteiger partial charge on any atom is -0.355 e. The van der Waals surface area contributed by atoms with Crippen molar-refractivity contribution in [3.8, 4) is 0 Å². The van der Waals surface area contributed by atoms with Gasteiger partial charge in [-0.05, 0) is 34.5 Å². The number of halogens is 1. The van der Waals surface area contributed by atoms with Crippen LogP contribution in [-0.2, 0) is 4.79 Å². The molecule has 7 heteroatoms. The van der Waals surface area contributed by atoms with Crippen LogP contribution in [0.5, 0.6) is 0 Å². The molecule has 0 aliphatic rings. The second-order valence-electron chi connectivity index (χ2n) is 3.79. The van der Waals surface area contributed by atoms with Crippen LogP contribution in [0, 0.1) is 0 Å². The van der Waals surface area contributed by atoms with Gasteiger partial charge >= 0.3 is 0 Å². The molecule has 0 aromatic carbocycles. The SMILES string of the molecule is CCCNC(=O)CNc1nc2ccc(Br)cn2n1. The standard InChI is InChI=1S/C11H14BrN5O/c1-2-5-13-10(18)6-14-11-15-9-4-3-8(12)7-17(9)16-11/h3-4,7H,2,5-6H2,1H3,(H,13,18)(H,14,16). The molecule has 1 amide bonds. The van der Waals surface area contributed by atoms with Gasteiger partial charge in [0.2, 0.25) is 11.9 Å². The first kappa shape index (κ1) is 12.8. The summed E-state index contributed by atoms with van der Waals surface area (Å²) in [5.74, 6) is 0.386. The minimum atomic E-state index is -0.0584. The minimum absolute atomic E-state index is 0.0584. The second-order valence-corrected chi connectivity index (χ2v) is 4.70. The van der Waals surface area contributed by atoms with Gasteiger partial charge in [0.1, 0.15) is 0 Å². The number of hydrogen-bond acceptors (Lipinski definition) is 4. The molecule has 2 heterocycles. The maximum absolute atomic E-state index is 11.4. The van der Waals surface area contributed by atoms with E-state index in [1.54, 1.807) is 4.52 Å². The first-order chi connectivity index (χ1) is 8.69. The van der Waals surface area contributed by atoms with Crippen LogP contribution in [-0.4, -0.2) is 33.6 Å². The third kappa shape index (κ3) is 3.19. The number of pyridine rings is 1. The van der Waals surface area contributed by atoms with E-state index >= 15 is 0 Å². The molecule has 2 rings (SSSR count). The van der Waals surface area contributed by atoms with Gasteiger partial charge in [-0.3, -0.25) is 4.79 Å². The Hall–Kier alpha value is -1.63. The molecule has 2 aromatic heterocycles. The molecular formula is C11H14BrN5O. The molecule has 0 radical (unpaired) electrons. The number of carbonyl (C=O) groups excluding carboxylic acids is 1. The van der Waals surface area contributed by atoms with E-state index in [1.165, 1.54) is 0 Å². The molecule has 6 nitrogen and oxygen atoms in total. The summed E-state index contributed by atoms with van der Waals surface area (Å²) in [4.78, 5) is 15.6. The quantitative estimate of drug-likeness (QED) is 0.876. The average molecular weight is 312 g/mol. The lowest BCUT2D eigenvalue weighted by Crippen LogP contribution is -2.30. The predicted molar refractivity (Wildman–Crippen MR) is 72.5 cm³/mol. The average Bonchev–Trinajstić information content (AvgIpc) is 2.75. The Balaban J connectivity index is 1.97. The van der Waals surface area contributed by atoms with E-state index in [4.69, 9.17) is 0 Å². The molecule has 96 valence electrons. The molecule has 2 N–H and O–H groups in total. The van der Waals surface area contributed by atoms with Gasteiger partial charge in [-0.1, -0.05) is 6.92 Å². The van der Waals surface area contributed by atoms with Gasteiger partial charge in [-0.15, -0.1) is 5.10 Å². The van der Waals surface area contributed by atoms with Crippen molar-refractivity contribution >= 4 is 33.4 Å². The molecule has 0 bridgehead atoms. The number of hydrogen-bond donors (Lipinski definition) is 2. The Bertz CT molecular complexity index is 553. The lowest BCUT2D eigenvalue weighted by Gasteiger charge is -2.02. The Kier molecular flexibility index (Phi) is 4.14. The summed E-state index contributed by atoms with van der Waals surface area (Å²) in [5.41, 5.74) is 0.731. The summed E-state index contributed by atoms with van der Waals surface area (Å²) in [6.07, 6.45) is 2.73. The molecule has 0 fully saturated rings. The Morgan fingerprint density at radius 3 is 3.11 bits per heavy atom. The van der Waals surface area contributed by atoms with Gasteiger partial charge in [0.25, 0.3) is 0 Å². The Labute approximate surface area is 113 Å². The normalized spacial score (nSPS) is 10.6. The first-order valence-corrected chi connectivity index (χ1v) is 6.51. The van der Waals surface area contributed by atoms with Gasteiger partial charge in [-0.25, -0.2) is 4.52 Å². The highest BCUT2D eigenvalue weighted by atomic mass is 79.9. The van der Waals surface area contributed by atoms with E-state index in [0.29, 0.717) is 12.5 Å². The highest BCUT2D eigenvalue weighted by Gasteiger charge is 2.05. The number of anilines is 1. The zero-order chi connectivity index (χ0) is 13.0. The van der Waals surface area contributed by atoms with E-state index < -0.39 is 0 Å². The van der Waals surface area contributed by atoms with Crippen molar-refractivity contribution in [1.29, 1.82) is 0 Å². The Morgan fingerprint density at radius 1 is 1.50 bits per heavy atom. The van der Waals surface area contributed by atoms with E-state index in [2.05, 4.69) is 36.6 Å². The summed E-state index contributed by atoms with van der Waals surface area (Å²) >= 11 is 3.36. The van der Waals surface area contributed by atoms with Crippen molar-refractivity contribution in [2.24, 2.45) is 0 Å². The first-order valence-electron chi connectivity index (χ1n) is 5.71. The largest absolute Gasteiger partial charge is 0.355 e. The number of aromatic nitrogens is 3. The summed E-state index contributed by atoms with van der Waals surface area (Å²) in [6, 6.07) is 3.74. The lowest BCUT2D eigenvalue weighted by atomic mass is 10.4. The van der Waals surface area contributed by atoms with Crippen molar-refractivity contribution in [1.82, 2.24) is 19.9 Å². The molecular weight excluding hydrogens is 298 g/mol. The molecule has 0 unspecified atom stereocenters. The van der Waals surface area contributed by atoms with Crippen LogP contribution in [0.3, 0.4) is 0 Å². The van der Waals surface area contributed by atoms with Gasteiger partial charge < -0.3 is 10.6 Å². The van der Waals surface area contributed by atoms with Crippen molar-refractivity contribution < 1.29 is 4.79 Å². The maximum atomic E-state index is 11.4. The fourth-order valence-corrected chi connectivity index (χ4v) is 1.75. The molecule has 0 aliphatic carbocycles. The zero-order valence-electron chi connectivity index (χ0n) is 9.98. The third-order valence-electron chi connectivity index (χ3n) is 2.27. The molecule has 0 aliphatic heterocycles. The molecule has 0 saturated carbocycles. The molecule has 0 atom stereocenters. The number of amides is 1. The maximum Gasteiger partial charge on any atom is 0.243 e. The van der Waals surface area contributed by atoms with Crippen molar-refractivity contribution in [2.75, 3.05) is 18.4 Å². The predicted octanol–water partition coefficient (Wildman–Crippen LogP) is 1.43. The van der Waals surface area contributed by atoms with E-state index in [9.17, 15) is 4.79 Å². The molecule has 2 aromatic rings. The summed E-state index contributed by atoms with van der Waals surface area (Å²) in [7, 11) is 0. The fourth-order valence-electron chi connectivity index (χ4n) is 1.42. The van der Waals surface area contributed by atoms with Crippen LogP contribution in [0.2, 0.25) is 0 Å². The zero-order valence-corrected chi connectivity index (χ0v) is 11.6. The summed E-state index contributed by atoms with van der Waals surface area (Å²) in [6.45, 7) is 2.87. The number of fused-ring (bicyclic) bond motifs is 1. The number of rotatable bonds is 5. The molecule has 0 spiro atoms. The van der Waals surface area contributed by atoms with Crippen molar-refractivity contribution in [3.05, 3.63) is 22.8 Å². The second kappa shape index (κ2) is 5.81. The topological polar surface area (TPSA) is 71.3 Å². The molecule has 0 saturated heterocycles. The van der Waals surface area contributed by atoms with Crippen LogP contribution < -0.4 is 10.6 Å². The van der Waals surface area contributed by atoms with Gasteiger partial charge in [0.15, 0.2) is 5.65 Å². The lowest BCUT2D eigenvalue weighted by molar-refractivity contribution is -0.119. The van der Waals surface area contributed by atoms with Crippen LogP contribution in [0.1, 0.15) is 13.3 Å². The fraction of sp³-hybridized carbons (Fsp3) is 0.364. The van der Waals surface area contributed by atoms with Crippen molar-refractivity contribution in [3.63, 3.8) is 0 Å².